The molecule has 0 radical (unpaired) electrons. The van der Waals surface area contributed by atoms with E-state index in [1.54, 1.807) is 72.8 Å². The number of aliphatic carboxylic acids is 1. The molecule has 174 valence electrons. The summed E-state index contributed by atoms with van der Waals surface area (Å²) < 4.78 is 12.7. The van der Waals surface area contributed by atoms with Gasteiger partial charge in [-0.05, 0) is 55.5 Å². The van der Waals surface area contributed by atoms with Gasteiger partial charge in [0, 0.05) is 16.0 Å². The number of carbonyl (C=O) groups is 1. The van der Waals surface area contributed by atoms with E-state index in [2.05, 4.69) is 10.1 Å². The molecule has 0 aliphatic rings. The number of para-hydroxylation sites is 2. The lowest BCUT2D eigenvalue weighted by molar-refractivity contribution is -0.144. The molecule has 0 amide bonds. The standard InChI is InChI=1S/C26H18ClN3O5/c1-15(26(32)33)34-21-9-5-2-6-16(21)14-28-30-24(29-20-8-4-3-7-19(20)25(30)31)23-13-17-12-18(27)10-11-22(17)35-23/h2-15H,1H3,(H,32,33)/t15-/m1/s1. The zero-order chi connectivity index (χ0) is 24.5. The van der Waals surface area contributed by atoms with Crippen LogP contribution in [0.15, 0.2) is 87.1 Å². The van der Waals surface area contributed by atoms with E-state index in [9.17, 15) is 14.7 Å². The van der Waals surface area contributed by atoms with Crippen molar-refractivity contribution in [3.63, 3.8) is 0 Å². The molecule has 2 aromatic heterocycles. The van der Waals surface area contributed by atoms with E-state index in [-0.39, 0.29) is 5.82 Å². The third kappa shape index (κ3) is 4.39. The van der Waals surface area contributed by atoms with Crippen LogP contribution in [0.3, 0.4) is 0 Å². The van der Waals surface area contributed by atoms with Gasteiger partial charge in [-0.15, -0.1) is 0 Å². The molecule has 0 fully saturated rings. The summed E-state index contributed by atoms with van der Waals surface area (Å²) in [6.07, 6.45) is 0.359. The molecule has 5 rings (SSSR count). The van der Waals surface area contributed by atoms with E-state index in [0.29, 0.717) is 38.6 Å². The Labute approximate surface area is 203 Å². The van der Waals surface area contributed by atoms with Crippen molar-refractivity contribution in [3.05, 3.63) is 93.7 Å². The lowest BCUT2D eigenvalue weighted by atomic mass is 10.2. The Hall–Kier alpha value is -4.43. The fourth-order valence-electron chi connectivity index (χ4n) is 3.57. The quantitative estimate of drug-likeness (QED) is 0.330. The van der Waals surface area contributed by atoms with Crippen molar-refractivity contribution < 1.29 is 19.1 Å². The lowest BCUT2D eigenvalue weighted by Gasteiger charge is -2.12. The maximum atomic E-state index is 13.4. The van der Waals surface area contributed by atoms with E-state index in [4.69, 9.17) is 20.8 Å². The molecule has 8 nitrogen and oxygen atoms in total. The first-order chi connectivity index (χ1) is 16.9. The number of furan rings is 1. The van der Waals surface area contributed by atoms with E-state index in [0.717, 1.165) is 10.1 Å². The van der Waals surface area contributed by atoms with Gasteiger partial charge in [0.05, 0.1) is 17.1 Å². The fourth-order valence-corrected chi connectivity index (χ4v) is 3.75. The summed E-state index contributed by atoms with van der Waals surface area (Å²) >= 11 is 6.11. The topological polar surface area (TPSA) is 107 Å². The summed E-state index contributed by atoms with van der Waals surface area (Å²) in [7, 11) is 0. The van der Waals surface area contributed by atoms with Gasteiger partial charge in [0.1, 0.15) is 11.3 Å². The summed E-state index contributed by atoms with van der Waals surface area (Å²) in [4.78, 5) is 29.3. The van der Waals surface area contributed by atoms with Crippen molar-refractivity contribution in [2.24, 2.45) is 5.10 Å². The smallest absolute Gasteiger partial charge is 0.344 e. The summed E-state index contributed by atoms with van der Waals surface area (Å²) in [5.74, 6) is -0.243. The van der Waals surface area contributed by atoms with Gasteiger partial charge in [0.25, 0.3) is 5.56 Å². The molecule has 35 heavy (non-hydrogen) atoms. The molecule has 3 aromatic carbocycles. The number of carboxylic acid groups (broad SMARTS) is 1. The first kappa shape index (κ1) is 22.4. The van der Waals surface area contributed by atoms with Crippen LogP contribution in [0.2, 0.25) is 5.02 Å². The fraction of sp³-hybridized carbons (Fsp3) is 0.0769. The van der Waals surface area contributed by atoms with Crippen molar-refractivity contribution in [1.82, 2.24) is 9.66 Å². The van der Waals surface area contributed by atoms with Crippen molar-refractivity contribution >= 4 is 45.7 Å². The number of rotatable bonds is 6. The van der Waals surface area contributed by atoms with Crippen LogP contribution in [-0.2, 0) is 4.79 Å². The maximum absolute atomic E-state index is 13.4. The molecule has 0 bridgehead atoms. The second-order valence-electron chi connectivity index (χ2n) is 7.74. The Kier molecular flexibility index (Phi) is 5.80. The Morgan fingerprint density at radius 1 is 1.14 bits per heavy atom. The number of aromatic nitrogens is 2. The van der Waals surface area contributed by atoms with Gasteiger partial charge in [0.2, 0.25) is 5.82 Å². The van der Waals surface area contributed by atoms with Crippen LogP contribution in [0.1, 0.15) is 12.5 Å². The van der Waals surface area contributed by atoms with Crippen LogP contribution in [0.5, 0.6) is 5.75 Å². The van der Waals surface area contributed by atoms with Crippen LogP contribution in [-0.4, -0.2) is 33.1 Å². The monoisotopic (exact) mass is 487 g/mol. The zero-order valence-electron chi connectivity index (χ0n) is 18.4. The average Bonchev–Trinajstić information content (AvgIpc) is 3.27. The highest BCUT2D eigenvalue weighted by Gasteiger charge is 2.17. The number of hydrogen-bond donors (Lipinski definition) is 1. The molecule has 0 spiro atoms. The van der Waals surface area contributed by atoms with Gasteiger partial charge in [-0.25, -0.2) is 9.78 Å². The van der Waals surface area contributed by atoms with E-state index < -0.39 is 17.6 Å². The van der Waals surface area contributed by atoms with E-state index >= 15 is 0 Å². The molecule has 9 heteroatoms. The number of fused-ring (bicyclic) bond motifs is 2. The summed E-state index contributed by atoms with van der Waals surface area (Å²) in [6, 6.07) is 20.7. The van der Waals surface area contributed by atoms with E-state index in [1.165, 1.54) is 13.1 Å². The van der Waals surface area contributed by atoms with Gasteiger partial charge in [0.15, 0.2) is 11.9 Å². The summed E-state index contributed by atoms with van der Waals surface area (Å²) in [5, 5.41) is 15.3. The number of nitrogens with zero attached hydrogens (tertiary/aromatic N) is 3. The van der Waals surface area contributed by atoms with E-state index in [1.807, 2.05) is 0 Å². The normalized spacial score (nSPS) is 12.4. The van der Waals surface area contributed by atoms with Crippen molar-refractivity contribution in [1.29, 1.82) is 0 Å². The highest BCUT2D eigenvalue weighted by Crippen LogP contribution is 2.29. The first-order valence-corrected chi connectivity index (χ1v) is 11.0. The predicted octanol–water partition coefficient (Wildman–Crippen LogP) is 5.20. The van der Waals surface area contributed by atoms with Crippen LogP contribution in [0.25, 0.3) is 33.5 Å². The van der Waals surface area contributed by atoms with Gasteiger partial charge in [-0.2, -0.15) is 9.78 Å². The van der Waals surface area contributed by atoms with Gasteiger partial charge >= 0.3 is 5.97 Å². The molecular weight excluding hydrogens is 470 g/mol. The van der Waals surface area contributed by atoms with Crippen LogP contribution >= 0.6 is 11.6 Å². The molecule has 0 saturated heterocycles. The number of benzene rings is 3. The number of halogens is 1. The number of ether oxygens (including phenoxy) is 1. The second kappa shape index (κ2) is 9.08. The molecule has 0 aliphatic carbocycles. The van der Waals surface area contributed by atoms with Crippen LogP contribution in [0, 0.1) is 0 Å². The van der Waals surface area contributed by atoms with Crippen molar-refractivity contribution in [3.8, 4) is 17.3 Å². The van der Waals surface area contributed by atoms with Gasteiger partial charge in [-0.3, -0.25) is 4.79 Å². The van der Waals surface area contributed by atoms with Crippen LogP contribution < -0.4 is 10.3 Å². The zero-order valence-corrected chi connectivity index (χ0v) is 19.1. The third-order valence-electron chi connectivity index (χ3n) is 5.34. The third-order valence-corrected chi connectivity index (χ3v) is 5.57. The minimum Gasteiger partial charge on any atom is -0.479 e. The minimum atomic E-state index is -1.10. The van der Waals surface area contributed by atoms with Crippen molar-refractivity contribution in [2.45, 2.75) is 13.0 Å². The maximum Gasteiger partial charge on any atom is 0.344 e. The Bertz CT molecular complexity index is 1670. The molecular formula is C26H18ClN3O5. The van der Waals surface area contributed by atoms with Crippen LogP contribution in [0.4, 0.5) is 0 Å². The summed E-state index contributed by atoms with van der Waals surface area (Å²) in [5.41, 5.74) is 1.18. The molecule has 2 heterocycles. The average molecular weight is 488 g/mol. The molecule has 5 aromatic rings. The SMILES string of the molecule is C[C@@H](Oc1ccccc1C=Nn1c(-c2cc3cc(Cl)ccc3o2)nc2ccccc2c1=O)C(=O)O. The lowest BCUT2D eigenvalue weighted by Crippen LogP contribution is -2.23. The Morgan fingerprint density at radius 3 is 2.74 bits per heavy atom. The number of carboxylic acids is 1. The highest BCUT2D eigenvalue weighted by atomic mass is 35.5. The molecule has 1 N–H and O–H groups in total. The van der Waals surface area contributed by atoms with Crippen molar-refractivity contribution in [2.75, 3.05) is 0 Å². The summed E-state index contributed by atoms with van der Waals surface area (Å²) in [6.45, 7) is 1.43. The highest BCUT2D eigenvalue weighted by molar-refractivity contribution is 6.31. The molecule has 1 atom stereocenters. The van der Waals surface area contributed by atoms with Gasteiger partial charge in [-0.1, -0.05) is 35.9 Å². The Morgan fingerprint density at radius 2 is 1.91 bits per heavy atom. The Balaban J connectivity index is 1.66. The first-order valence-electron chi connectivity index (χ1n) is 10.6. The predicted molar refractivity (Wildman–Crippen MR) is 133 cm³/mol. The minimum absolute atomic E-state index is 0.203. The molecule has 0 unspecified atom stereocenters. The van der Waals surface area contributed by atoms with Gasteiger partial charge < -0.3 is 14.3 Å². The second-order valence-corrected chi connectivity index (χ2v) is 8.18. The largest absolute Gasteiger partial charge is 0.479 e. The number of hydrogen-bond acceptors (Lipinski definition) is 6. The molecule has 0 aliphatic heterocycles. The molecule has 0 saturated carbocycles.